The fourth-order valence-corrected chi connectivity index (χ4v) is 4.85. The number of pyridine rings is 1. The number of aromatic nitrogens is 1. The van der Waals surface area contributed by atoms with E-state index in [2.05, 4.69) is 15.6 Å². The van der Waals surface area contributed by atoms with E-state index < -0.39 is 10.0 Å². The minimum Gasteiger partial charge on any atom is -0.325 e. The van der Waals surface area contributed by atoms with E-state index in [0.717, 1.165) is 5.56 Å². The molecule has 1 atom stereocenters. The molecule has 0 aliphatic carbocycles. The Kier molecular flexibility index (Phi) is 5.57. The number of anilines is 1. The SMILES string of the molecule is CC(=O)Nc1ccc(S(=O)(=O)N2CCNCC2c2cccnc2)cc1Cl. The number of piperazine rings is 1. The number of benzene rings is 1. The van der Waals surface area contributed by atoms with Crippen molar-refractivity contribution in [3.05, 3.63) is 53.3 Å². The van der Waals surface area contributed by atoms with Gasteiger partial charge in [0.05, 0.1) is 21.6 Å². The van der Waals surface area contributed by atoms with Crippen molar-refractivity contribution in [3.63, 3.8) is 0 Å². The second-order valence-electron chi connectivity index (χ2n) is 5.94. The second kappa shape index (κ2) is 7.71. The van der Waals surface area contributed by atoms with Crippen molar-refractivity contribution in [3.8, 4) is 0 Å². The Hall–Kier alpha value is -2.00. The normalized spacial score (nSPS) is 18.5. The maximum Gasteiger partial charge on any atom is 0.243 e. The molecule has 1 aliphatic heterocycles. The van der Waals surface area contributed by atoms with Crippen LogP contribution in [0.4, 0.5) is 5.69 Å². The number of hydrogen-bond donors (Lipinski definition) is 2. The lowest BCUT2D eigenvalue weighted by Gasteiger charge is -2.35. The third kappa shape index (κ3) is 3.88. The van der Waals surface area contributed by atoms with Crippen LogP contribution in [0.3, 0.4) is 0 Å². The summed E-state index contributed by atoms with van der Waals surface area (Å²) in [5.41, 5.74) is 1.20. The average Bonchev–Trinajstić information content (AvgIpc) is 2.63. The first-order valence-electron chi connectivity index (χ1n) is 8.09. The molecule has 9 heteroatoms. The van der Waals surface area contributed by atoms with Gasteiger partial charge in [-0.25, -0.2) is 8.42 Å². The Morgan fingerprint density at radius 1 is 1.38 bits per heavy atom. The van der Waals surface area contributed by atoms with Gasteiger partial charge in [-0.3, -0.25) is 9.78 Å². The van der Waals surface area contributed by atoms with E-state index in [0.29, 0.717) is 25.3 Å². The molecule has 138 valence electrons. The molecule has 0 radical (unpaired) electrons. The first-order valence-corrected chi connectivity index (χ1v) is 9.91. The molecule has 0 saturated carbocycles. The molecule has 3 rings (SSSR count). The van der Waals surface area contributed by atoms with Crippen molar-refractivity contribution in [2.75, 3.05) is 25.0 Å². The van der Waals surface area contributed by atoms with E-state index in [1.165, 1.54) is 29.4 Å². The first-order chi connectivity index (χ1) is 12.4. The van der Waals surface area contributed by atoms with Crippen LogP contribution in [0.1, 0.15) is 18.5 Å². The van der Waals surface area contributed by atoms with Crippen molar-refractivity contribution in [2.24, 2.45) is 0 Å². The van der Waals surface area contributed by atoms with Crippen LogP contribution in [-0.4, -0.2) is 43.2 Å². The number of carbonyl (C=O) groups is 1. The van der Waals surface area contributed by atoms with Crippen LogP contribution in [0.5, 0.6) is 0 Å². The highest BCUT2D eigenvalue weighted by molar-refractivity contribution is 7.89. The number of halogens is 1. The highest BCUT2D eigenvalue weighted by Gasteiger charge is 2.34. The van der Waals surface area contributed by atoms with Crippen LogP contribution < -0.4 is 10.6 Å². The van der Waals surface area contributed by atoms with Crippen LogP contribution in [0.2, 0.25) is 5.02 Å². The zero-order chi connectivity index (χ0) is 18.7. The zero-order valence-corrected chi connectivity index (χ0v) is 15.7. The maximum absolute atomic E-state index is 13.2. The number of nitrogens with one attached hydrogen (secondary N) is 2. The van der Waals surface area contributed by atoms with Gasteiger partial charge in [-0.05, 0) is 29.8 Å². The van der Waals surface area contributed by atoms with Gasteiger partial charge in [-0.1, -0.05) is 17.7 Å². The van der Waals surface area contributed by atoms with E-state index in [1.807, 2.05) is 6.07 Å². The van der Waals surface area contributed by atoms with E-state index in [9.17, 15) is 13.2 Å². The van der Waals surface area contributed by atoms with E-state index in [4.69, 9.17) is 11.6 Å². The fraction of sp³-hybridized carbons (Fsp3) is 0.294. The van der Waals surface area contributed by atoms with Gasteiger partial charge in [0.25, 0.3) is 0 Å². The molecule has 1 fully saturated rings. The maximum atomic E-state index is 13.2. The molecule has 1 saturated heterocycles. The largest absolute Gasteiger partial charge is 0.325 e. The average molecular weight is 395 g/mol. The number of carbonyl (C=O) groups excluding carboxylic acids is 1. The lowest BCUT2D eigenvalue weighted by atomic mass is 10.1. The lowest BCUT2D eigenvalue weighted by Crippen LogP contribution is -2.48. The van der Waals surface area contributed by atoms with Crippen LogP contribution in [0.25, 0.3) is 0 Å². The number of amides is 1. The molecule has 1 amide bonds. The molecule has 1 unspecified atom stereocenters. The van der Waals surface area contributed by atoms with E-state index in [1.54, 1.807) is 18.5 Å². The van der Waals surface area contributed by atoms with E-state index in [-0.39, 0.29) is 21.9 Å². The number of rotatable bonds is 4. The Balaban J connectivity index is 1.95. The van der Waals surface area contributed by atoms with Gasteiger partial charge < -0.3 is 10.6 Å². The highest BCUT2D eigenvalue weighted by atomic mass is 35.5. The molecule has 2 aromatic rings. The van der Waals surface area contributed by atoms with Gasteiger partial charge in [-0.15, -0.1) is 0 Å². The van der Waals surface area contributed by atoms with Crippen LogP contribution >= 0.6 is 11.6 Å². The topological polar surface area (TPSA) is 91.4 Å². The molecule has 2 N–H and O–H groups in total. The van der Waals surface area contributed by atoms with Gasteiger partial charge in [-0.2, -0.15) is 4.31 Å². The first kappa shape index (κ1) is 18.8. The third-order valence-corrected chi connectivity index (χ3v) is 6.34. The summed E-state index contributed by atoms with van der Waals surface area (Å²) in [5.74, 6) is -0.277. The molecular formula is C17H19ClN4O3S. The van der Waals surface area contributed by atoms with Crippen molar-refractivity contribution < 1.29 is 13.2 Å². The van der Waals surface area contributed by atoms with Crippen LogP contribution in [-0.2, 0) is 14.8 Å². The molecule has 1 aromatic carbocycles. The van der Waals surface area contributed by atoms with Gasteiger partial charge in [0.2, 0.25) is 15.9 Å². The Morgan fingerprint density at radius 2 is 2.19 bits per heavy atom. The fourth-order valence-electron chi connectivity index (χ4n) is 2.91. The quantitative estimate of drug-likeness (QED) is 0.827. The minimum atomic E-state index is -3.76. The summed E-state index contributed by atoms with van der Waals surface area (Å²) in [6.07, 6.45) is 3.33. The van der Waals surface area contributed by atoms with Crippen LogP contribution in [0.15, 0.2) is 47.6 Å². The summed E-state index contributed by atoms with van der Waals surface area (Å²) in [6.45, 7) is 2.77. The monoisotopic (exact) mass is 394 g/mol. The Morgan fingerprint density at radius 3 is 2.85 bits per heavy atom. The van der Waals surface area contributed by atoms with Crippen LogP contribution in [0, 0.1) is 0 Å². The molecular weight excluding hydrogens is 376 g/mol. The number of hydrogen-bond acceptors (Lipinski definition) is 5. The second-order valence-corrected chi connectivity index (χ2v) is 8.24. The summed E-state index contributed by atoms with van der Waals surface area (Å²) >= 11 is 6.15. The molecule has 1 aromatic heterocycles. The summed E-state index contributed by atoms with van der Waals surface area (Å²) in [7, 11) is -3.76. The predicted molar refractivity (Wildman–Crippen MR) is 99.5 cm³/mol. The molecule has 7 nitrogen and oxygen atoms in total. The summed E-state index contributed by atoms with van der Waals surface area (Å²) in [4.78, 5) is 15.4. The smallest absolute Gasteiger partial charge is 0.243 e. The molecule has 0 spiro atoms. The summed E-state index contributed by atoms with van der Waals surface area (Å²) in [5, 5.41) is 5.97. The number of nitrogens with zero attached hydrogens (tertiary/aromatic N) is 2. The van der Waals surface area contributed by atoms with Crippen molar-refractivity contribution >= 4 is 33.2 Å². The van der Waals surface area contributed by atoms with Gasteiger partial charge in [0.15, 0.2) is 0 Å². The lowest BCUT2D eigenvalue weighted by molar-refractivity contribution is -0.114. The number of sulfonamides is 1. The highest BCUT2D eigenvalue weighted by Crippen LogP contribution is 2.31. The van der Waals surface area contributed by atoms with Gasteiger partial charge in [0, 0.05) is 39.0 Å². The Bertz CT molecular complexity index is 905. The molecule has 0 bridgehead atoms. The summed E-state index contributed by atoms with van der Waals surface area (Å²) in [6, 6.07) is 7.61. The molecule has 1 aliphatic rings. The Labute approximate surface area is 157 Å². The zero-order valence-electron chi connectivity index (χ0n) is 14.1. The van der Waals surface area contributed by atoms with Crippen molar-refractivity contribution in [2.45, 2.75) is 17.9 Å². The van der Waals surface area contributed by atoms with Gasteiger partial charge >= 0.3 is 0 Å². The summed E-state index contributed by atoms with van der Waals surface area (Å²) < 4.78 is 27.8. The van der Waals surface area contributed by atoms with Crippen molar-refractivity contribution in [1.29, 1.82) is 0 Å². The molecule has 26 heavy (non-hydrogen) atoms. The minimum absolute atomic E-state index is 0.0902. The van der Waals surface area contributed by atoms with Crippen molar-refractivity contribution in [1.82, 2.24) is 14.6 Å². The predicted octanol–water partition coefficient (Wildman–Crippen LogP) is 2.03. The standard InChI is InChI=1S/C17H19ClN4O3S/c1-12(23)21-16-5-4-14(9-15(16)18)26(24,25)22-8-7-20-11-17(22)13-3-2-6-19-10-13/h2-6,9-10,17,20H,7-8,11H2,1H3,(H,21,23). The third-order valence-electron chi connectivity index (χ3n) is 4.12. The van der Waals surface area contributed by atoms with E-state index >= 15 is 0 Å². The molecule has 2 heterocycles. The van der Waals surface area contributed by atoms with Gasteiger partial charge in [0.1, 0.15) is 0 Å².